The van der Waals surface area contributed by atoms with Gasteiger partial charge in [0.1, 0.15) is 16.6 Å². The molecule has 0 aliphatic rings. The first-order valence-corrected chi connectivity index (χ1v) is 41.9. The molecule has 94 heavy (non-hydrogen) atoms. The summed E-state index contributed by atoms with van der Waals surface area (Å²) < 4.78 is 21.3. The van der Waals surface area contributed by atoms with Gasteiger partial charge in [-0.1, -0.05) is 310 Å². The van der Waals surface area contributed by atoms with Crippen molar-refractivity contribution in [1.82, 2.24) is 16.0 Å². The van der Waals surface area contributed by atoms with E-state index in [1.54, 1.807) is 0 Å². The lowest BCUT2D eigenvalue weighted by Gasteiger charge is -2.41. The first-order valence-electron chi connectivity index (χ1n) is 39.9. The third-order valence-corrected chi connectivity index (χ3v) is 22.3. The van der Waals surface area contributed by atoms with Crippen LogP contribution < -0.4 is 16.0 Å². The van der Waals surface area contributed by atoms with Crippen molar-refractivity contribution in [2.75, 3.05) is 86.6 Å². The Balaban J connectivity index is 6.67. The van der Waals surface area contributed by atoms with Crippen LogP contribution in [0.3, 0.4) is 0 Å². The largest absolute Gasteiger partial charge is 0.501 e. The predicted octanol–water partition coefficient (Wildman–Crippen LogP) is 16.3. The fourth-order valence-corrected chi connectivity index (χ4v) is 15.5. The summed E-state index contributed by atoms with van der Waals surface area (Å²) in [6, 6.07) is 0.118. The Morgan fingerprint density at radius 3 is 0.670 bits per heavy atom. The monoisotopic (exact) mass is 1360 g/mol. The molecule has 17 heteroatoms. The molecule has 3 amide bonds. The van der Waals surface area contributed by atoms with Gasteiger partial charge in [0, 0.05) is 31.7 Å². The summed E-state index contributed by atoms with van der Waals surface area (Å²) in [5.41, 5.74) is -5.07. The molecule has 0 rings (SSSR count). The van der Waals surface area contributed by atoms with E-state index >= 15 is 0 Å². The van der Waals surface area contributed by atoms with E-state index in [0.29, 0.717) is 36.7 Å². The molecule has 0 spiro atoms. The Hall–Kier alpha value is -1.77. The molecular weight excluding hydrogens is 1200 g/mol. The zero-order valence-corrected chi connectivity index (χ0v) is 63.5. The maximum absolute atomic E-state index is 13.7. The second-order valence-corrected chi connectivity index (χ2v) is 32.4. The molecule has 0 aliphatic carbocycles. The van der Waals surface area contributed by atoms with Crippen LogP contribution >= 0.6 is 0 Å². The van der Waals surface area contributed by atoms with Crippen molar-refractivity contribution in [2.24, 2.45) is 0 Å². The normalized spacial score (nSPS) is 12.5. The Kier molecular flexibility index (Phi) is 62.2. The molecule has 0 bridgehead atoms. The van der Waals surface area contributed by atoms with Crippen LogP contribution in [0.15, 0.2) is 0 Å². The van der Waals surface area contributed by atoms with Crippen LogP contribution in [-0.2, 0) is 27.7 Å². The molecule has 0 aromatic carbocycles. The molecule has 0 atom stereocenters. The molecule has 0 heterocycles. The minimum absolute atomic E-state index is 0.118. The van der Waals surface area contributed by atoms with Gasteiger partial charge in [-0.15, -0.1) is 0 Å². The molecule has 0 radical (unpaired) electrons. The smallest absolute Gasteiger partial charge is 0.394 e. The molecule has 0 aromatic rings. The van der Waals surface area contributed by atoms with Gasteiger partial charge in [-0.2, -0.15) is 0 Å². The van der Waals surface area contributed by atoms with E-state index in [4.69, 9.17) is 13.3 Å². The summed E-state index contributed by atoms with van der Waals surface area (Å²) in [6.07, 6.45) is 58.9. The van der Waals surface area contributed by atoms with Gasteiger partial charge >= 0.3 is 8.80 Å². The van der Waals surface area contributed by atoms with Gasteiger partial charge in [0.05, 0.1) is 86.6 Å². The van der Waals surface area contributed by atoms with Crippen molar-refractivity contribution in [3.8, 4) is 0 Å². The molecule has 0 saturated carbocycles. The van der Waals surface area contributed by atoms with E-state index in [9.17, 15) is 45.0 Å². The van der Waals surface area contributed by atoms with Crippen molar-refractivity contribution in [3.05, 3.63) is 0 Å². The van der Waals surface area contributed by atoms with Gasteiger partial charge in [-0.3, -0.25) is 14.4 Å². The van der Waals surface area contributed by atoms with Crippen molar-refractivity contribution in [3.63, 3.8) is 0 Å². The number of aliphatic hydroxyl groups excluding tert-OH is 6. The second-order valence-electron chi connectivity index (χ2n) is 29.6. The Morgan fingerprint density at radius 1 is 0.287 bits per heavy atom. The fourth-order valence-electron chi connectivity index (χ4n) is 12.7. The minimum Gasteiger partial charge on any atom is -0.394 e. The van der Waals surface area contributed by atoms with Crippen LogP contribution in [0.1, 0.15) is 368 Å². The molecule has 16 nitrogen and oxygen atoms in total. The minimum atomic E-state index is -4.35. The highest BCUT2D eigenvalue weighted by Gasteiger charge is 2.49. The number of aliphatic hydroxyl groups is 6. The lowest BCUT2D eigenvalue weighted by Crippen LogP contribution is -2.64. The maximum atomic E-state index is 13.7. The first-order chi connectivity index (χ1) is 45.6. The van der Waals surface area contributed by atoms with E-state index in [1.165, 1.54) is 225 Å². The molecule has 0 unspecified atom stereocenters. The van der Waals surface area contributed by atoms with Crippen molar-refractivity contribution in [1.29, 1.82) is 0 Å². The van der Waals surface area contributed by atoms with Crippen molar-refractivity contribution < 1.29 is 62.8 Å². The van der Waals surface area contributed by atoms with Crippen LogP contribution in [0.5, 0.6) is 0 Å². The molecule has 0 aromatic heterocycles. The highest BCUT2D eigenvalue weighted by atomic mass is 28.4. The van der Waals surface area contributed by atoms with E-state index in [2.05, 4.69) is 57.7 Å². The highest BCUT2D eigenvalue weighted by Crippen LogP contribution is 2.27. The molecule has 560 valence electrons. The van der Waals surface area contributed by atoms with Crippen LogP contribution in [0.2, 0.25) is 6.04 Å². The van der Waals surface area contributed by atoms with Gasteiger partial charge in [0.15, 0.2) is 0 Å². The Morgan fingerprint density at radius 2 is 0.468 bits per heavy atom. The maximum Gasteiger partial charge on any atom is 0.501 e. The van der Waals surface area contributed by atoms with Gasteiger partial charge in [0.25, 0.3) is 0 Å². The summed E-state index contributed by atoms with van der Waals surface area (Å²) in [5.74, 6) is -1.07. The SMILES string of the molecule is CCCCCCCCCCCCCCCCCC[N+](C)(C)CCC[Si](OCC(CO)(CO)NC(=O)CCCCCCCCCCCCC)(OCC(CO)(CO)NC(=O)CCCCCCCCCCCCC)OCC(CO)(CO)NC(=O)CCCCCCCCCCCCC. The van der Waals surface area contributed by atoms with E-state index in [1.807, 2.05) is 0 Å². The average Bonchev–Trinajstić information content (AvgIpc) is 0.846. The van der Waals surface area contributed by atoms with E-state index < -0.39 is 84.9 Å². The summed E-state index contributed by atoms with van der Waals surface area (Å²) in [4.78, 5) is 41.2. The number of amides is 3. The number of carbonyl (C=O) groups is 3. The van der Waals surface area contributed by atoms with Crippen LogP contribution in [0.25, 0.3) is 0 Å². The van der Waals surface area contributed by atoms with Crippen molar-refractivity contribution >= 4 is 26.5 Å². The topological polar surface area (TPSA) is 236 Å². The van der Waals surface area contributed by atoms with Crippen LogP contribution in [-0.4, -0.2) is 165 Å². The summed E-state index contributed by atoms with van der Waals surface area (Å²) >= 11 is 0. The van der Waals surface area contributed by atoms with Crippen molar-refractivity contribution in [2.45, 2.75) is 391 Å². The fraction of sp³-hybridized carbons (Fsp3) is 0.961. The molecule has 0 saturated heterocycles. The summed E-state index contributed by atoms with van der Waals surface area (Å²) in [7, 11) is 0.0193. The highest BCUT2D eigenvalue weighted by molar-refractivity contribution is 6.60. The van der Waals surface area contributed by atoms with Crippen LogP contribution in [0.4, 0.5) is 0 Å². The third-order valence-electron chi connectivity index (χ3n) is 19.6. The average molecular weight is 1360 g/mol. The quantitative estimate of drug-likeness (QED) is 0.0157. The van der Waals surface area contributed by atoms with E-state index in [-0.39, 0.29) is 43.0 Å². The predicted molar refractivity (Wildman–Crippen MR) is 393 cm³/mol. The molecule has 0 aliphatic heterocycles. The van der Waals surface area contributed by atoms with Gasteiger partial charge in [-0.25, -0.2) is 0 Å². The number of carbonyl (C=O) groups excluding carboxylic acids is 3. The third kappa shape index (κ3) is 51.4. The van der Waals surface area contributed by atoms with Gasteiger partial charge in [0.2, 0.25) is 17.7 Å². The summed E-state index contributed by atoms with van der Waals surface area (Å²) in [5, 5.41) is 75.1. The van der Waals surface area contributed by atoms with Crippen LogP contribution in [0, 0.1) is 0 Å². The molecular formula is C77H157N4O12Si+. The van der Waals surface area contributed by atoms with Gasteiger partial charge < -0.3 is 64.4 Å². The number of nitrogens with zero attached hydrogens (tertiary/aromatic N) is 1. The standard InChI is InChI=1S/C77H156N4O12Si/c1-7-11-15-19-23-27-31-32-33-34-35-39-43-47-51-55-60-81(5,6)61-56-62-94(91-69-75(63-82,64-83)78-72(88)57-52-48-44-40-36-28-24-20-16-12-8-2,92-70-76(65-84,66-85)79-73(89)58-53-49-45-41-37-29-25-21-17-13-9-3)93-71-77(67-86,68-87)80-74(90)59-54-50-46-42-38-30-26-22-18-14-10-4/h82-87H,7-71H2,1-6H3,(H2-,78,79,80,88,89,90)/p+1. The first kappa shape index (κ1) is 92.2. The number of hydrogen-bond donors (Lipinski definition) is 9. The zero-order valence-electron chi connectivity index (χ0n) is 62.5. The number of quaternary nitrogens is 1. The summed E-state index contributed by atoms with van der Waals surface area (Å²) in [6.45, 7) is 4.96. The Labute approximate surface area is 579 Å². The molecule has 0 fully saturated rings. The lowest BCUT2D eigenvalue weighted by molar-refractivity contribution is -0.890. The number of hydrogen-bond acceptors (Lipinski definition) is 12. The lowest BCUT2D eigenvalue weighted by atomic mass is 10.0. The van der Waals surface area contributed by atoms with E-state index in [0.717, 1.165) is 77.2 Å². The number of nitrogens with one attached hydrogen (secondary N) is 3. The van der Waals surface area contributed by atoms with Gasteiger partial charge in [-0.05, 0) is 32.1 Å². The second kappa shape index (κ2) is 63.4. The molecule has 9 N–H and O–H groups in total. The zero-order chi connectivity index (χ0) is 69.4. The Bertz CT molecular complexity index is 1540. The number of rotatable bonds is 75. The number of unbranched alkanes of at least 4 members (excludes halogenated alkanes) is 45.